The van der Waals surface area contributed by atoms with Crippen LogP contribution in [-0.2, 0) is 4.79 Å². The Morgan fingerprint density at radius 3 is 2.38 bits per heavy atom. The highest BCUT2D eigenvalue weighted by atomic mass is 16.3. The fourth-order valence-electron chi connectivity index (χ4n) is 2.80. The summed E-state index contributed by atoms with van der Waals surface area (Å²) >= 11 is 0. The quantitative estimate of drug-likeness (QED) is 0.681. The molecule has 2 aliphatic rings. The van der Waals surface area contributed by atoms with Crippen molar-refractivity contribution in [3.05, 3.63) is 0 Å². The zero-order chi connectivity index (χ0) is 11.6. The second-order valence-corrected chi connectivity index (χ2v) is 5.27. The van der Waals surface area contributed by atoms with Crippen LogP contribution in [0.3, 0.4) is 0 Å². The molecule has 0 bridgehead atoms. The third-order valence-electron chi connectivity index (χ3n) is 3.71. The van der Waals surface area contributed by atoms with Crippen molar-refractivity contribution in [1.29, 1.82) is 0 Å². The van der Waals surface area contributed by atoms with E-state index in [2.05, 4.69) is 0 Å². The molecule has 4 nitrogen and oxygen atoms in total. The Labute approximate surface area is 96.3 Å². The second-order valence-electron chi connectivity index (χ2n) is 5.27. The summed E-state index contributed by atoms with van der Waals surface area (Å²) < 4.78 is 0. The second kappa shape index (κ2) is 4.72. The monoisotopic (exact) mass is 227 g/mol. The number of β-amino-alcohol motifs (C(OH)–C–C–N with tert-alkyl or cyclic N) is 2. The lowest BCUT2D eigenvalue weighted by Crippen LogP contribution is -2.43. The van der Waals surface area contributed by atoms with E-state index < -0.39 is 11.7 Å². The maximum atomic E-state index is 11.5. The molecular formula is C12H21NO3. The Morgan fingerprint density at radius 2 is 1.88 bits per heavy atom. The third-order valence-corrected chi connectivity index (χ3v) is 3.71. The summed E-state index contributed by atoms with van der Waals surface area (Å²) in [5.41, 5.74) is -0.712. The van der Waals surface area contributed by atoms with Crippen LogP contribution in [0.15, 0.2) is 0 Å². The number of aliphatic hydroxyl groups excluding tert-OH is 1. The van der Waals surface area contributed by atoms with E-state index in [-0.39, 0.29) is 12.3 Å². The molecule has 4 heteroatoms. The molecule has 1 unspecified atom stereocenters. The lowest BCUT2D eigenvalue weighted by atomic mass is 9.94. The van der Waals surface area contributed by atoms with Crippen molar-refractivity contribution in [3.8, 4) is 0 Å². The van der Waals surface area contributed by atoms with E-state index >= 15 is 0 Å². The van der Waals surface area contributed by atoms with Gasteiger partial charge in [-0.25, -0.2) is 0 Å². The summed E-state index contributed by atoms with van der Waals surface area (Å²) in [6, 6.07) is 0. The van der Waals surface area contributed by atoms with Gasteiger partial charge in [0.1, 0.15) is 0 Å². The molecule has 2 rings (SSSR count). The predicted octanol–water partition coefficient (Wildman–Crippen LogP) is 0.665. The number of hydrogen-bond acceptors (Lipinski definition) is 3. The zero-order valence-corrected chi connectivity index (χ0v) is 9.69. The van der Waals surface area contributed by atoms with E-state index in [1.807, 2.05) is 0 Å². The fraction of sp³-hybridized carbons (Fsp3) is 0.917. The molecular weight excluding hydrogens is 206 g/mol. The van der Waals surface area contributed by atoms with Crippen LogP contribution in [0.2, 0.25) is 0 Å². The first-order valence-corrected chi connectivity index (χ1v) is 6.27. The molecule has 92 valence electrons. The number of amides is 1. The van der Waals surface area contributed by atoms with Gasteiger partial charge in [0.25, 0.3) is 0 Å². The van der Waals surface area contributed by atoms with Gasteiger partial charge in [-0.05, 0) is 12.8 Å². The van der Waals surface area contributed by atoms with Crippen LogP contribution in [0.5, 0.6) is 0 Å². The molecule has 2 N–H and O–H groups in total. The van der Waals surface area contributed by atoms with Crippen molar-refractivity contribution < 1.29 is 15.0 Å². The highest BCUT2D eigenvalue weighted by molar-refractivity contribution is 5.79. The Hall–Kier alpha value is -0.610. The predicted molar refractivity (Wildman–Crippen MR) is 59.9 cm³/mol. The van der Waals surface area contributed by atoms with Gasteiger partial charge in [0, 0.05) is 13.1 Å². The highest BCUT2D eigenvalue weighted by Gasteiger charge is 2.36. The van der Waals surface area contributed by atoms with E-state index in [0.717, 1.165) is 25.7 Å². The van der Waals surface area contributed by atoms with E-state index in [4.69, 9.17) is 0 Å². The number of nitrogens with zero attached hydrogens (tertiary/aromatic N) is 1. The number of hydrogen-bond donors (Lipinski definition) is 2. The van der Waals surface area contributed by atoms with E-state index in [1.54, 1.807) is 4.90 Å². The van der Waals surface area contributed by atoms with Gasteiger partial charge in [0.15, 0.2) is 0 Å². The van der Waals surface area contributed by atoms with Crippen LogP contribution in [0.1, 0.15) is 44.9 Å². The van der Waals surface area contributed by atoms with Crippen molar-refractivity contribution in [2.24, 2.45) is 0 Å². The van der Waals surface area contributed by atoms with Gasteiger partial charge in [-0.15, -0.1) is 0 Å². The van der Waals surface area contributed by atoms with Crippen molar-refractivity contribution in [3.63, 3.8) is 0 Å². The molecule has 1 aliphatic heterocycles. The van der Waals surface area contributed by atoms with Gasteiger partial charge in [0.2, 0.25) is 5.91 Å². The van der Waals surface area contributed by atoms with E-state index in [9.17, 15) is 15.0 Å². The molecule has 0 spiro atoms. The average molecular weight is 227 g/mol. The molecule has 0 radical (unpaired) electrons. The fourth-order valence-corrected chi connectivity index (χ4v) is 2.80. The van der Waals surface area contributed by atoms with Crippen molar-refractivity contribution in [2.75, 3.05) is 13.1 Å². The summed E-state index contributed by atoms with van der Waals surface area (Å²) in [5, 5.41) is 19.8. The van der Waals surface area contributed by atoms with Gasteiger partial charge in [-0.1, -0.05) is 25.7 Å². The minimum absolute atomic E-state index is 0.0230. The van der Waals surface area contributed by atoms with Gasteiger partial charge in [-0.2, -0.15) is 0 Å². The number of carbonyl (C=O) groups is 1. The van der Waals surface area contributed by atoms with Crippen LogP contribution >= 0.6 is 0 Å². The molecule has 1 amide bonds. The molecule has 0 aromatic rings. The van der Waals surface area contributed by atoms with Crippen LogP contribution in [0.4, 0.5) is 0 Å². The number of likely N-dealkylation sites (tertiary alicyclic amines) is 1. The normalized spacial score (nSPS) is 30.5. The Bertz CT molecular complexity index is 259. The van der Waals surface area contributed by atoms with Gasteiger partial charge < -0.3 is 15.1 Å². The summed E-state index contributed by atoms with van der Waals surface area (Å²) in [7, 11) is 0. The van der Waals surface area contributed by atoms with Crippen molar-refractivity contribution in [2.45, 2.75) is 56.7 Å². The maximum absolute atomic E-state index is 11.5. The van der Waals surface area contributed by atoms with Crippen molar-refractivity contribution >= 4 is 5.91 Å². The minimum Gasteiger partial charge on any atom is -0.391 e. The third kappa shape index (κ3) is 2.74. The minimum atomic E-state index is -0.712. The molecule has 1 aliphatic carbocycles. The Balaban J connectivity index is 1.94. The van der Waals surface area contributed by atoms with Crippen molar-refractivity contribution in [1.82, 2.24) is 4.90 Å². The molecule has 1 saturated carbocycles. The van der Waals surface area contributed by atoms with Gasteiger partial charge >= 0.3 is 0 Å². The van der Waals surface area contributed by atoms with Crippen LogP contribution < -0.4 is 0 Å². The van der Waals surface area contributed by atoms with Gasteiger partial charge in [-0.3, -0.25) is 4.79 Å². The standard InChI is InChI=1S/C12H21NO3/c14-10-7-11(15)13(8-10)9-12(16)5-3-1-2-4-6-12/h10,14,16H,1-9H2. The Morgan fingerprint density at radius 1 is 1.25 bits per heavy atom. The lowest BCUT2D eigenvalue weighted by molar-refractivity contribution is -0.131. The number of aliphatic hydroxyl groups is 2. The van der Waals surface area contributed by atoms with Gasteiger partial charge in [0.05, 0.1) is 18.1 Å². The smallest absolute Gasteiger partial charge is 0.225 e. The van der Waals surface area contributed by atoms with E-state index in [0.29, 0.717) is 13.1 Å². The zero-order valence-electron chi connectivity index (χ0n) is 9.69. The SMILES string of the molecule is O=C1CC(O)CN1CC1(O)CCCCCC1. The maximum Gasteiger partial charge on any atom is 0.225 e. The topological polar surface area (TPSA) is 60.8 Å². The number of carbonyl (C=O) groups excluding carboxylic acids is 1. The van der Waals surface area contributed by atoms with Crippen LogP contribution in [0, 0.1) is 0 Å². The molecule has 0 aromatic carbocycles. The average Bonchev–Trinajstić information content (AvgIpc) is 2.41. The number of rotatable bonds is 2. The Kier molecular flexibility index (Phi) is 3.50. The molecule has 1 heterocycles. The molecule has 1 atom stereocenters. The highest BCUT2D eigenvalue weighted by Crippen LogP contribution is 2.29. The molecule has 0 aromatic heterocycles. The summed E-state index contributed by atoms with van der Waals surface area (Å²) in [6.07, 6.45) is 5.69. The first kappa shape index (κ1) is 11.9. The summed E-state index contributed by atoms with van der Waals surface area (Å²) in [5.74, 6) is -0.0230. The lowest BCUT2D eigenvalue weighted by Gasteiger charge is -2.31. The first-order chi connectivity index (χ1) is 7.59. The summed E-state index contributed by atoms with van der Waals surface area (Å²) in [4.78, 5) is 13.2. The first-order valence-electron chi connectivity index (χ1n) is 6.27. The molecule has 16 heavy (non-hydrogen) atoms. The largest absolute Gasteiger partial charge is 0.391 e. The van der Waals surface area contributed by atoms with E-state index in [1.165, 1.54) is 12.8 Å². The molecule has 1 saturated heterocycles. The van der Waals surface area contributed by atoms with Crippen LogP contribution in [0.25, 0.3) is 0 Å². The molecule has 2 fully saturated rings. The van der Waals surface area contributed by atoms with Crippen LogP contribution in [-0.4, -0.2) is 45.8 Å². The summed E-state index contributed by atoms with van der Waals surface area (Å²) in [6.45, 7) is 0.796.